The molecule has 0 saturated carbocycles. The van der Waals surface area contributed by atoms with Gasteiger partial charge in [-0.05, 0) is 0 Å². The van der Waals surface area contributed by atoms with Gasteiger partial charge in [0.05, 0.1) is 0 Å². The Morgan fingerprint density at radius 3 is 0.727 bits per heavy atom. The van der Waals surface area contributed by atoms with E-state index >= 15 is 0 Å². The maximum absolute atomic E-state index is 8.55. The van der Waals surface area contributed by atoms with Crippen molar-refractivity contribution in [2.75, 3.05) is 0 Å². The van der Waals surface area contributed by atoms with Gasteiger partial charge in [-0.3, -0.25) is 0 Å². The molecular formula is H3K3Na3O4P. The third kappa shape index (κ3) is 71.9. The summed E-state index contributed by atoms with van der Waals surface area (Å²) in [6.07, 6.45) is 0. The molecule has 0 atom stereocenters. The van der Waals surface area contributed by atoms with E-state index in [-0.39, 0.29) is 243 Å². The molecule has 0 bridgehead atoms. The molecule has 11 heavy (non-hydrogen) atoms. The van der Waals surface area contributed by atoms with E-state index in [1.54, 1.807) is 0 Å². The van der Waals surface area contributed by atoms with Crippen molar-refractivity contribution in [2.24, 2.45) is 0 Å². The second-order valence-corrected chi connectivity index (χ2v) is 1.34. The van der Waals surface area contributed by atoms with Gasteiger partial charge in [-0.1, -0.05) is 0 Å². The third-order valence-corrected chi connectivity index (χ3v) is 0. The van der Waals surface area contributed by atoms with Gasteiger partial charge >= 0.3 is 243 Å². The fraction of sp³-hybridized carbons (Fsp3) is 0. The van der Waals surface area contributed by atoms with Crippen molar-refractivity contribution >= 4 is 96.5 Å². The molecule has 0 aliphatic rings. The minimum absolute atomic E-state index is 0. The molecule has 11 heteroatoms. The van der Waals surface area contributed by atoms with Gasteiger partial charge < -0.3 is 19.2 Å². The first-order valence-electron chi connectivity index (χ1n) is 0.730. The molecule has 0 aliphatic heterocycles. The first-order chi connectivity index (χ1) is 2.00. The Bertz CT molecular complexity index is 66.7. The second-order valence-electron chi connectivity index (χ2n) is 0.447. The Morgan fingerprint density at radius 1 is 0.727 bits per heavy atom. The molecule has 0 heterocycles. The van der Waals surface area contributed by atoms with Crippen molar-refractivity contribution in [3.05, 3.63) is 0 Å². The van der Waals surface area contributed by atoms with Gasteiger partial charge in [-0.25, -0.2) is 0 Å². The van der Waals surface area contributed by atoms with Crippen LogP contribution in [0, 0.1) is 0 Å². The second kappa shape index (κ2) is 26.6. The number of hydrogen-bond acceptors (Lipinski definition) is 4. The fourth-order valence-electron chi connectivity index (χ4n) is 0. The summed E-state index contributed by atoms with van der Waals surface area (Å²) in [6.45, 7) is 0. The molecule has 0 aromatic carbocycles. The Kier molecular flexibility index (Phi) is 103. The van der Waals surface area contributed by atoms with Crippen molar-refractivity contribution < 1.29 is 173 Å². The van der Waals surface area contributed by atoms with Gasteiger partial charge in [0.25, 0.3) is 0 Å². The average Bonchev–Trinajstić information content (AvgIpc) is 0.722. The standard InChI is InChI=1S/3K.3Na.H3O4P.3H/c;;;;;;1-5(2,3)4;;;/h;;;;;;(H3,1,2,3,4);;;/q3*+1;;;;;;;/p-3. The van der Waals surface area contributed by atoms with Crippen LogP contribution in [-0.4, -0.2) is 88.7 Å². The van der Waals surface area contributed by atoms with Gasteiger partial charge in [0.2, 0.25) is 0 Å². The van der Waals surface area contributed by atoms with Gasteiger partial charge in [-0.2, -0.15) is 7.82 Å². The molecule has 0 amide bonds. The average molecular weight is 284 g/mol. The van der Waals surface area contributed by atoms with Crippen molar-refractivity contribution in [3.63, 3.8) is 0 Å². The molecule has 38 valence electrons. The Morgan fingerprint density at radius 2 is 0.727 bits per heavy atom. The molecule has 0 aromatic rings. The number of rotatable bonds is 0. The number of phosphoric acid groups is 1. The summed E-state index contributed by atoms with van der Waals surface area (Å²) >= 11 is 0. The molecule has 0 radical (unpaired) electrons. The summed E-state index contributed by atoms with van der Waals surface area (Å²) in [6, 6.07) is 0. The van der Waals surface area contributed by atoms with E-state index in [4.69, 9.17) is 19.2 Å². The maximum atomic E-state index is 8.55. The van der Waals surface area contributed by atoms with E-state index in [0.29, 0.717) is 0 Å². The summed E-state index contributed by atoms with van der Waals surface area (Å²) in [4.78, 5) is 25.6. The molecule has 0 fully saturated rings. The molecule has 0 rings (SSSR count). The summed E-state index contributed by atoms with van der Waals surface area (Å²) < 4.78 is 8.55. The molecule has 4 nitrogen and oxygen atoms in total. The van der Waals surface area contributed by atoms with Crippen LogP contribution in [0.1, 0.15) is 0 Å². The molecule has 0 aromatic heterocycles. The Labute approximate surface area is 260 Å². The van der Waals surface area contributed by atoms with Crippen molar-refractivity contribution in [3.8, 4) is 0 Å². The normalized spacial score (nSPS) is 5.36. The van der Waals surface area contributed by atoms with Gasteiger partial charge in [-0.15, -0.1) is 0 Å². The number of hydrogen-bond donors (Lipinski definition) is 0. The predicted octanol–water partition coefficient (Wildman–Crippen LogP) is -13.8. The Hall–Kier alpha value is 8.02. The summed E-state index contributed by atoms with van der Waals surface area (Å²) in [5.74, 6) is 0. The van der Waals surface area contributed by atoms with Crippen molar-refractivity contribution in [2.45, 2.75) is 0 Å². The van der Waals surface area contributed by atoms with Crippen LogP contribution >= 0.6 is 7.82 Å². The zero-order valence-corrected chi connectivity index (χ0v) is 15.3. The predicted molar refractivity (Wildman–Crippen MR) is 29.1 cm³/mol. The first-order valence-corrected chi connectivity index (χ1v) is 2.19. The summed E-state index contributed by atoms with van der Waals surface area (Å²) in [5.41, 5.74) is 0. The summed E-state index contributed by atoms with van der Waals surface area (Å²) in [5, 5.41) is 0. The molecule has 0 spiro atoms. The quantitative estimate of drug-likeness (QED) is 0.326. The molecule has 0 aliphatic carbocycles. The SMILES string of the molecule is O=P([O-])([O-])[O-].[K+].[K+].[K+].[NaH].[NaH].[NaH]. The zero-order chi connectivity index (χ0) is 4.50. The Balaban J connectivity index is -0.00000000533. The van der Waals surface area contributed by atoms with E-state index < -0.39 is 7.82 Å². The van der Waals surface area contributed by atoms with Crippen LogP contribution in [0.15, 0.2) is 0 Å². The topological polar surface area (TPSA) is 86.2 Å². The van der Waals surface area contributed by atoms with E-state index in [1.165, 1.54) is 0 Å². The van der Waals surface area contributed by atoms with Crippen molar-refractivity contribution in [1.29, 1.82) is 0 Å². The van der Waals surface area contributed by atoms with E-state index in [1.807, 2.05) is 0 Å². The van der Waals surface area contributed by atoms with Crippen LogP contribution in [0.2, 0.25) is 0 Å². The molecular weight excluding hydrogens is 281 g/mol. The van der Waals surface area contributed by atoms with Gasteiger partial charge in [0.1, 0.15) is 0 Å². The van der Waals surface area contributed by atoms with Crippen LogP contribution in [0.4, 0.5) is 0 Å². The third-order valence-electron chi connectivity index (χ3n) is 0. The molecule has 0 saturated heterocycles. The monoisotopic (exact) mass is 284 g/mol. The van der Waals surface area contributed by atoms with Crippen LogP contribution < -0.4 is 169 Å². The van der Waals surface area contributed by atoms with Crippen LogP contribution in [0.25, 0.3) is 0 Å². The van der Waals surface area contributed by atoms with Crippen LogP contribution in [-0.2, 0) is 4.57 Å². The molecule has 0 N–H and O–H groups in total. The molecule has 0 unspecified atom stereocenters. The van der Waals surface area contributed by atoms with Crippen molar-refractivity contribution in [1.82, 2.24) is 0 Å². The minimum atomic E-state index is -5.39. The van der Waals surface area contributed by atoms with Crippen LogP contribution in [0.3, 0.4) is 0 Å². The van der Waals surface area contributed by atoms with Crippen LogP contribution in [0.5, 0.6) is 0 Å². The van der Waals surface area contributed by atoms with E-state index in [0.717, 1.165) is 0 Å². The van der Waals surface area contributed by atoms with Gasteiger partial charge in [0, 0.05) is 0 Å². The van der Waals surface area contributed by atoms with E-state index in [9.17, 15) is 0 Å². The van der Waals surface area contributed by atoms with E-state index in [2.05, 4.69) is 0 Å². The van der Waals surface area contributed by atoms with Gasteiger partial charge in [0.15, 0.2) is 0 Å². The fourth-order valence-corrected chi connectivity index (χ4v) is 0. The zero-order valence-electron chi connectivity index (χ0n) is 5.08. The summed E-state index contributed by atoms with van der Waals surface area (Å²) in [7, 11) is -5.39. The first kappa shape index (κ1) is 42.7.